The van der Waals surface area contributed by atoms with Crippen molar-refractivity contribution in [2.24, 2.45) is 5.73 Å². The summed E-state index contributed by atoms with van der Waals surface area (Å²) in [6, 6.07) is 0. The first-order valence-corrected chi connectivity index (χ1v) is 3.72. The van der Waals surface area contributed by atoms with E-state index in [9.17, 15) is 9.59 Å². The number of aliphatic hydroxyl groups is 1. The largest absolute Gasteiger partial charge is 0.481 e. The molecule has 0 aromatic heterocycles. The van der Waals surface area contributed by atoms with Crippen molar-refractivity contribution in [1.82, 2.24) is 0 Å². The van der Waals surface area contributed by atoms with Crippen molar-refractivity contribution >= 4 is 11.9 Å². The molecule has 0 aliphatic heterocycles. The number of hydrogen-bond acceptors (Lipinski definition) is 5. The van der Waals surface area contributed by atoms with Gasteiger partial charge in [0, 0.05) is 7.11 Å². The van der Waals surface area contributed by atoms with Gasteiger partial charge >= 0.3 is 11.9 Å². The second kappa shape index (κ2) is 8.42. The van der Waals surface area contributed by atoms with Crippen LogP contribution in [0.15, 0.2) is 0 Å². The van der Waals surface area contributed by atoms with E-state index in [4.69, 9.17) is 21.1 Å². The van der Waals surface area contributed by atoms with Crippen LogP contribution in [0.4, 0.5) is 0 Å². The van der Waals surface area contributed by atoms with Crippen molar-refractivity contribution in [2.45, 2.75) is 25.7 Å². The molecule has 0 radical (unpaired) electrons. The molecule has 2 unspecified atom stereocenters. The van der Waals surface area contributed by atoms with Crippen molar-refractivity contribution in [2.75, 3.05) is 7.11 Å². The molecular formula is C7H15NO6. The highest BCUT2D eigenvalue weighted by molar-refractivity contribution is 5.79. The first-order valence-electron chi connectivity index (χ1n) is 3.72. The number of ether oxygens (including phenoxy) is 1. The average Bonchev–Trinajstić information content (AvgIpc) is 2.04. The fourth-order valence-corrected chi connectivity index (χ4v) is 0.253. The SMILES string of the molecule is COC(C)N.O=C(O)CC(O)C(=O)O. The van der Waals surface area contributed by atoms with E-state index in [0.717, 1.165) is 0 Å². The zero-order valence-electron chi connectivity index (χ0n) is 8.01. The molecule has 5 N–H and O–H groups in total. The van der Waals surface area contributed by atoms with E-state index in [2.05, 4.69) is 4.74 Å². The van der Waals surface area contributed by atoms with Crippen LogP contribution in [0.25, 0.3) is 0 Å². The number of carbonyl (C=O) groups is 2. The summed E-state index contributed by atoms with van der Waals surface area (Å²) in [4.78, 5) is 19.4. The second-order valence-electron chi connectivity index (χ2n) is 2.39. The molecule has 7 nitrogen and oxygen atoms in total. The summed E-state index contributed by atoms with van der Waals surface area (Å²) in [5.41, 5.74) is 5.07. The third-order valence-corrected chi connectivity index (χ3v) is 1.02. The molecule has 0 aromatic carbocycles. The Morgan fingerprint density at radius 3 is 1.86 bits per heavy atom. The predicted octanol–water partition coefficient (Wildman–Crippen LogP) is -1.16. The van der Waals surface area contributed by atoms with Gasteiger partial charge in [0.1, 0.15) is 6.23 Å². The number of rotatable bonds is 4. The number of aliphatic hydroxyl groups excluding tert-OH is 1. The Labute approximate surface area is 81.1 Å². The van der Waals surface area contributed by atoms with E-state index in [1.807, 2.05) is 0 Å². The van der Waals surface area contributed by atoms with Gasteiger partial charge < -0.3 is 25.8 Å². The van der Waals surface area contributed by atoms with E-state index < -0.39 is 24.5 Å². The van der Waals surface area contributed by atoms with Crippen LogP contribution in [-0.2, 0) is 14.3 Å². The highest BCUT2D eigenvalue weighted by Gasteiger charge is 2.16. The minimum absolute atomic E-state index is 0.116. The van der Waals surface area contributed by atoms with Crippen LogP contribution in [0.1, 0.15) is 13.3 Å². The van der Waals surface area contributed by atoms with Crippen LogP contribution < -0.4 is 5.73 Å². The lowest BCUT2D eigenvalue weighted by molar-refractivity contribution is -0.152. The number of carboxylic acid groups (broad SMARTS) is 2. The molecule has 0 aliphatic carbocycles. The van der Waals surface area contributed by atoms with E-state index >= 15 is 0 Å². The molecule has 84 valence electrons. The first-order chi connectivity index (χ1) is 6.31. The number of nitrogens with two attached hydrogens (primary N) is 1. The van der Waals surface area contributed by atoms with Gasteiger partial charge in [-0.1, -0.05) is 0 Å². The Balaban J connectivity index is 0. The van der Waals surface area contributed by atoms with Gasteiger partial charge in [-0.3, -0.25) is 4.79 Å². The lowest BCUT2D eigenvalue weighted by atomic mass is 10.3. The molecule has 0 bridgehead atoms. The van der Waals surface area contributed by atoms with E-state index in [-0.39, 0.29) is 6.23 Å². The third-order valence-electron chi connectivity index (χ3n) is 1.02. The van der Waals surface area contributed by atoms with E-state index in [1.54, 1.807) is 14.0 Å². The number of methoxy groups -OCH3 is 1. The summed E-state index contributed by atoms with van der Waals surface area (Å²) >= 11 is 0. The molecule has 0 amide bonds. The summed E-state index contributed by atoms with van der Waals surface area (Å²) in [5, 5.41) is 24.1. The van der Waals surface area contributed by atoms with Crippen LogP contribution in [0.2, 0.25) is 0 Å². The number of hydrogen-bond donors (Lipinski definition) is 4. The molecule has 0 rings (SSSR count). The highest BCUT2D eigenvalue weighted by atomic mass is 16.5. The summed E-state index contributed by atoms with van der Waals surface area (Å²) in [6.07, 6.45) is -2.66. The van der Waals surface area contributed by atoms with Crippen molar-refractivity contribution in [3.63, 3.8) is 0 Å². The highest BCUT2D eigenvalue weighted by Crippen LogP contribution is 1.89. The molecule has 0 heterocycles. The molecule has 7 heteroatoms. The summed E-state index contributed by atoms with van der Waals surface area (Å²) < 4.78 is 4.53. The predicted molar refractivity (Wildman–Crippen MR) is 46.6 cm³/mol. The van der Waals surface area contributed by atoms with E-state index in [0.29, 0.717) is 0 Å². The maximum atomic E-state index is 9.72. The molecule has 0 saturated heterocycles. The molecule has 0 aromatic rings. The maximum absolute atomic E-state index is 9.72. The van der Waals surface area contributed by atoms with Crippen LogP contribution in [0, 0.1) is 0 Å². The second-order valence-corrected chi connectivity index (χ2v) is 2.39. The maximum Gasteiger partial charge on any atom is 0.333 e. The third kappa shape index (κ3) is 13.4. The Bertz CT molecular complexity index is 181. The summed E-state index contributed by atoms with van der Waals surface area (Å²) in [5.74, 6) is -2.85. The topological polar surface area (TPSA) is 130 Å². The number of aliphatic carboxylic acids is 2. The van der Waals surface area contributed by atoms with Gasteiger partial charge in [0.15, 0.2) is 6.10 Å². The molecule has 2 atom stereocenters. The molecule has 0 aliphatic rings. The van der Waals surface area contributed by atoms with Crippen LogP contribution >= 0.6 is 0 Å². The lowest BCUT2D eigenvalue weighted by Gasteiger charge is -1.97. The van der Waals surface area contributed by atoms with Gasteiger partial charge in [0.2, 0.25) is 0 Å². The molecule has 0 saturated carbocycles. The van der Waals surface area contributed by atoms with Gasteiger partial charge in [-0.15, -0.1) is 0 Å². The summed E-state index contributed by atoms with van der Waals surface area (Å²) in [7, 11) is 1.57. The Hall–Kier alpha value is -1.18. The monoisotopic (exact) mass is 209 g/mol. The Morgan fingerprint density at radius 2 is 1.79 bits per heavy atom. The normalized spacial score (nSPS) is 13.4. The fourth-order valence-electron chi connectivity index (χ4n) is 0.253. The minimum Gasteiger partial charge on any atom is -0.481 e. The fraction of sp³-hybridized carbons (Fsp3) is 0.714. The van der Waals surface area contributed by atoms with Crippen molar-refractivity contribution in [1.29, 1.82) is 0 Å². The number of carboxylic acids is 2. The zero-order chi connectivity index (χ0) is 11.7. The molecule has 0 spiro atoms. The standard InChI is InChI=1S/C4H6O5.C3H9NO/c5-2(4(8)9)1-3(6)7;1-3(4)5-2/h2,5H,1H2,(H,6,7)(H,8,9);3H,4H2,1-2H3. The van der Waals surface area contributed by atoms with Gasteiger partial charge in [-0.25, -0.2) is 4.79 Å². The average molecular weight is 209 g/mol. The molecule has 0 fully saturated rings. The zero-order valence-corrected chi connectivity index (χ0v) is 8.01. The van der Waals surface area contributed by atoms with Gasteiger partial charge in [0.25, 0.3) is 0 Å². The quantitative estimate of drug-likeness (QED) is 0.430. The Kier molecular flexibility index (Phi) is 9.20. The first kappa shape index (κ1) is 15.3. The van der Waals surface area contributed by atoms with Gasteiger partial charge in [0.05, 0.1) is 6.42 Å². The van der Waals surface area contributed by atoms with Gasteiger partial charge in [-0.2, -0.15) is 0 Å². The van der Waals surface area contributed by atoms with Gasteiger partial charge in [-0.05, 0) is 6.92 Å². The lowest BCUT2D eigenvalue weighted by Crippen LogP contribution is -2.22. The Morgan fingerprint density at radius 1 is 1.43 bits per heavy atom. The summed E-state index contributed by atoms with van der Waals surface area (Å²) in [6.45, 7) is 1.78. The van der Waals surface area contributed by atoms with Crippen LogP contribution in [0.3, 0.4) is 0 Å². The molecular weight excluding hydrogens is 194 g/mol. The van der Waals surface area contributed by atoms with Crippen molar-refractivity contribution in [3.05, 3.63) is 0 Å². The smallest absolute Gasteiger partial charge is 0.333 e. The van der Waals surface area contributed by atoms with Crippen molar-refractivity contribution < 1.29 is 29.6 Å². The van der Waals surface area contributed by atoms with Crippen LogP contribution in [-0.4, -0.2) is 46.7 Å². The van der Waals surface area contributed by atoms with Crippen LogP contribution in [0.5, 0.6) is 0 Å². The van der Waals surface area contributed by atoms with Crippen molar-refractivity contribution in [3.8, 4) is 0 Å². The van der Waals surface area contributed by atoms with E-state index in [1.165, 1.54) is 0 Å². The minimum atomic E-state index is -1.79. The molecule has 14 heavy (non-hydrogen) atoms.